The summed E-state index contributed by atoms with van der Waals surface area (Å²) in [4.78, 5) is 14.9. The number of carbonyl (C=O) groups excluding carboxylic acids is 1. The van der Waals surface area contributed by atoms with Crippen molar-refractivity contribution in [3.05, 3.63) is 0 Å². The maximum atomic E-state index is 13.1. The van der Waals surface area contributed by atoms with E-state index in [1.807, 2.05) is 4.90 Å². The number of likely N-dealkylation sites (tertiary alicyclic amines) is 1. The zero-order chi connectivity index (χ0) is 16.4. The Morgan fingerprint density at radius 2 is 1.96 bits per heavy atom. The number of aliphatic hydroxyl groups is 1. The first-order chi connectivity index (χ1) is 10.8. The second kappa shape index (κ2) is 5.20. The Morgan fingerprint density at radius 1 is 1.30 bits per heavy atom. The molecule has 4 aliphatic carbocycles. The van der Waals surface area contributed by atoms with Crippen molar-refractivity contribution >= 4 is 12.8 Å². The third-order valence-corrected chi connectivity index (χ3v) is 7.14. The topological polar surface area (TPSA) is 86.8 Å². The number of rotatable bonds is 3. The van der Waals surface area contributed by atoms with E-state index in [2.05, 4.69) is 0 Å². The van der Waals surface area contributed by atoms with E-state index in [1.54, 1.807) is 6.82 Å². The molecule has 1 heterocycles. The van der Waals surface area contributed by atoms with Crippen molar-refractivity contribution in [2.45, 2.75) is 75.8 Å². The fourth-order valence-electron chi connectivity index (χ4n) is 6.66. The van der Waals surface area contributed by atoms with Crippen molar-refractivity contribution in [2.75, 3.05) is 6.54 Å². The molecular weight excluding hydrogens is 291 g/mol. The highest BCUT2D eigenvalue weighted by Crippen LogP contribution is 2.62. The molecule has 4 bridgehead atoms. The Kier molecular flexibility index (Phi) is 3.60. The molecule has 1 amide bonds. The van der Waals surface area contributed by atoms with E-state index in [9.17, 15) is 14.9 Å². The van der Waals surface area contributed by atoms with Gasteiger partial charge in [-0.15, -0.1) is 0 Å². The molecule has 23 heavy (non-hydrogen) atoms. The fourth-order valence-corrected chi connectivity index (χ4v) is 6.66. The molecule has 0 spiro atoms. The molecule has 0 aromatic heterocycles. The first-order valence-electron chi connectivity index (χ1n) is 9.28. The van der Waals surface area contributed by atoms with E-state index in [0.29, 0.717) is 24.8 Å². The number of amides is 1. The molecule has 0 aromatic carbocycles. The van der Waals surface area contributed by atoms with Crippen LogP contribution in [0.15, 0.2) is 0 Å². The SMILES string of the molecule is CB(O)C1CCCN1C(=O)C(N)C12CC3CC(CC(O)(C3)C1)C2. The van der Waals surface area contributed by atoms with Crippen LogP contribution in [0.3, 0.4) is 0 Å². The highest BCUT2D eigenvalue weighted by molar-refractivity contribution is 6.51. The highest BCUT2D eigenvalue weighted by Gasteiger charge is 2.60. The molecule has 128 valence electrons. The summed E-state index contributed by atoms with van der Waals surface area (Å²) in [6.07, 6.45) is 7.46. The zero-order valence-electron chi connectivity index (χ0n) is 14.1. The van der Waals surface area contributed by atoms with Gasteiger partial charge in [-0.3, -0.25) is 4.79 Å². The Bertz CT molecular complexity index is 498. The number of hydrogen-bond donors (Lipinski definition) is 3. The van der Waals surface area contributed by atoms with Gasteiger partial charge in [0.25, 0.3) is 0 Å². The molecule has 1 saturated heterocycles. The van der Waals surface area contributed by atoms with Crippen LogP contribution in [0.2, 0.25) is 6.82 Å². The summed E-state index contributed by atoms with van der Waals surface area (Å²) in [5, 5.41) is 20.8. The summed E-state index contributed by atoms with van der Waals surface area (Å²) >= 11 is 0. The van der Waals surface area contributed by atoms with E-state index in [1.165, 1.54) is 6.42 Å². The van der Waals surface area contributed by atoms with Crippen molar-refractivity contribution in [2.24, 2.45) is 23.0 Å². The van der Waals surface area contributed by atoms with Gasteiger partial charge in [0.2, 0.25) is 5.91 Å². The lowest BCUT2D eigenvalue weighted by Gasteiger charge is -2.61. The monoisotopic (exact) mass is 320 g/mol. The summed E-state index contributed by atoms with van der Waals surface area (Å²) in [5.74, 6) is 0.974. The fraction of sp³-hybridized carbons (Fsp3) is 0.941. The third kappa shape index (κ3) is 2.45. The molecule has 4 unspecified atom stereocenters. The molecule has 5 fully saturated rings. The Balaban J connectivity index is 1.57. The summed E-state index contributed by atoms with van der Waals surface area (Å²) < 4.78 is 0. The van der Waals surface area contributed by atoms with Crippen LogP contribution in [0.25, 0.3) is 0 Å². The predicted molar refractivity (Wildman–Crippen MR) is 88.6 cm³/mol. The summed E-state index contributed by atoms with van der Waals surface area (Å²) in [5.41, 5.74) is 5.73. The molecule has 5 nitrogen and oxygen atoms in total. The molecule has 0 aromatic rings. The van der Waals surface area contributed by atoms with Crippen LogP contribution in [-0.4, -0.2) is 52.0 Å². The summed E-state index contributed by atoms with van der Waals surface area (Å²) in [6, 6.07) is -0.528. The molecule has 4 saturated carbocycles. The van der Waals surface area contributed by atoms with Crippen LogP contribution in [-0.2, 0) is 4.79 Å². The molecule has 0 radical (unpaired) electrons. The van der Waals surface area contributed by atoms with Crippen molar-refractivity contribution in [1.82, 2.24) is 4.90 Å². The van der Waals surface area contributed by atoms with Crippen LogP contribution < -0.4 is 5.73 Å². The van der Waals surface area contributed by atoms with Crippen LogP contribution in [0.4, 0.5) is 0 Å². The Hall–Kier alpha value is -0.585. The van der Waals surface area contributed by atoms with E-state index >= 15 is 0 Å². The van der Waals surface area contributed by atoms with Gasteiger partial charge in [0.05, 0.1) is 11.6 Å². The number of carbonyl (C=O) groups is 1. The van der Waals surface area contributed by atoms with Crippen LogP contribution in [0, 0.1) is 17.3 Å². The first kappa shape index (κ1) is 15.9. The molecule has 4 N–H and O–H groups in total. The van der Waals surface area contributed by atoms with Gasteiger partial charge in [-0.1, -0.05) is 6.82 Å². The minimum absolute atomic E-state index is 0.000972. The maximum Gasteiger partial charge on any atom is 0.309 e. The van der Waals surface area contributed by atoms with E-state index in [4.69, 9.17) is 5.73 Å². The van der Waals surface area contributed by atoms with E-state index in [0.717, 1.165) is 38.5 Å². The molecule has 1 aliphatic heterocycles. The quantitative estimate of drug-likeness (QED) is 0.671. The predicted octanol–water partition coefficient (Wildman–Crippen LogP) is 0.789. The van der Waals surface area contributed by atoms with Crippen LogP contribution in [0.1, 0.15) is 51.4 Å². The molecule has 5 aliphatic rings. The van der Waals surface area contributed by atoms with E-state index < -0.39 is 18.6 Å². The van der Waals surface area contributed by atoms with Crippen molar-refractivity contribution in [3.8, 4) is 0 Å². The van der Waals surface area contributed by atoms with Crippen molar-refractivity contribution < 1.29 is 14.9 Å². The Morgan fingerprint density at radius 3 is 2.52 bits per heavy atom. The van der Waals surface area contributed by atoms with Gasteiger partial charge in [-0.2, -0.15) is 0 Å². The van der Waals surface area contributed by atoms with Crippen molar-refractivity contribution in [3.63, 3.8) is 0 Å². The van der Waals surface area contributed by atoms with Gasteiger partial charge in [0, 0.05) is 12.5 Å². The van der Waals surface area contributed by atoms with E-state index in [-0.39, 0.29) is 17.3 Å². The second-order valence-electron chi connectivity index (χ2n) is 9.01. The number of hydrogen-bond acceptors (Lipinski definition) is 4. The lowest BCUT2D eigenvalue weighted by Crippen LogP contribution is -2.65. The number of nitrogens with zero attached hydrogens (tertiary/aromatic N) is 1. The summed E-state index contributed by atoms with van der Waals surface area (Å²) in [7, 11) is 0. The van der Waals surface area contributed by atoms with Gasteiger partial charge >= 0.3 is 6.92 Å². The van der Waals surface area contributed by atoms with Gasteiger partial charge in [0.1, 0.15) is 0 Å². The van der Waals surface area contributed by atoms with Gasteiger partial charge in [0.15, 0.2) is 0 Å². The first-order valence-corrected chi connectivity index (χ1v) is 9.28. The molecule has 5 rings (SSSR count). The molecule has 4 atom stereocenters. The number of nitrogens with two attached hydrogens (primary N) is 1. The van der Waals surface area contributed by atoms with Gasteiger partial charge in [-0.25, -0.2) is 0 Å². The average molecular weight is 320 g/mol. The lowest BCUT2D eigenvalue weighted by atomic mass is 9.46. The molecule has 6 heteroatoms. The second-order valence-corrected chi connectivity index (χ2v) is 9.01. The molecular formula is C17H29BN2O3. The van der Waals surface area contributed by atoms with Crippen LogP contribution >= 0.6 is 0 Å². The average Bonchev–Trinajstić information content (AvgIpc) is 2.92. The van der Waals surface area contributed by atoms with Gasteiger partial charge < -0.3 is 20.8 Å². The van der Waals surface area contributed by atoms with Gasteiger partial charge in [-0.05, 0) is 68.6 Å². The highest BCUT2D eigenvalue weighted by atomic mass is 16.3. The normalized spacial score (nSPS) is 46.3. The standard InChI is InChI=1S/C17H29BN2O3/c1-18(23)13-3-2-4-20(13)15(21)14(19)16-6-11-5-12(7-16)9-17(22,8-11)10-16/h11-14,22-23H,2-10,19H2,1H3. The van der Waals surface area contributed by atoms with Crippen LogP contribution in [0.5, 0.6) is 0 Å². The maximum absolute atomic E-state index is 13.1. The Labute approximate surface area is 138 Å². The minimum atomic E-state index is -0.587. The largest absolute Gasteiger partial charge is 0.449 e. The third-order valence-electron chi connectivity index (χ3n) is 7.14. The van der Waals surface area contributed by atoms with Crippen molar-refractivity contribution in [1.29, 1.82) is 0 Å². The minimum Gasteiger partial charge on any atom is -0.449 e. The lowest BCUT2D eigenvalue weighted by molar-refractivity contribution is -0.177. The summed E-state index contributed by atoms with van der Waals surface area (Å²) in [6.45, 7) is 1.96. The smallest absolute Gasteiger partial charge is 0.309 e. The zero-order valence-corrected chi connectivity index (χ0v) is 14.1.